The van der Waals surface area contributed by atoms with Crippen LogP contribution < -0.4 is 9.47 Å². The average Bonchev–Trinajstić information content (AvgIpc) is 3.31. The Kier molecular flexibility index (Phi) is 7.06. The molecular weight excluding hydrogens is 459 g/mol. The van der Waals surface area contributed by atoms with Crippen LogP contribution in [0.3, 0.4) is 0 Å². The first-order valence-corrected chi connectivity index (χ1v) is 12.8. The second-order valence-corrected chi connectivity index (χ2v) is 10.2. The topological polar surface area (TPSA) is 95.7 Å². The molecule has 10 heteroatoms. The molecule has 0 radical (unpaired) electrons. The highest BCUT2D eigenvalue weighted by Gasteiger charge is 2.14. The lowest BCUT2D eigenvalue weighted by Crippen LogP contribution is -2.08. The number of aromatic nitrogens is 4. The van der Waals surface area contributed by atoms with Gasteiger partial charge in [-0.15, -0.1) is 10.2 Å². The standard InChI is InChI=1S/C24H25FN4O4S/c1-32-23-6-3-5-22(25)21(23)10-8-18-7-9-20(24-28-27-16-29(18)24)17-13-19(15-26-14-17)33-11-4-12-34(2,30)31/h3,5-7,9,13-16H,4,8,10-12H2,1-2H3. The van der Waals surface area contributed by atoms with Gasteiger partial charge in [-0.25, -0.2) is 12.8 Å². The van der Waals surface area contributed by atoms with Gasteiger partial charge >= 0.3 is 0 Å². The van der Waals surface area contributed by atoms with Crippen LogP contribution in [0.2, 0.25) is 0 Å². The van der Waals surface area contributed by atoms with Crippen LogP contribution in [0.1, 0.15) is 17.7 Å². The van der Waals surface area contributed by atoms with Gasteiger partial charge in [-0.3, -0.25) is 9.38 Å². The van der Waals surface area contributed by atoms with Crippen molar-refractivity contribution in [2.75, 3.05) is 25.7 Å². The van der Waals surface area contributed by atoms with E-state index >= 15 is 0 Å². The lowest BCUT2D eigenvalue weighted by molar-refractivity contribution is 0.316. The second kappa shape index (κ2) is 10.2. The van der Waals surface area contributed by atoms with Crippen molar-refractivity contribution in [1.82, 2.24) is 19.6 Å². The van der Waals surface area contributed by atoms with Gasteiger partial charge in [0.1, 0.15) is 33.5 Å². The minimum absolute atomic E-state index is 0.0701. The Morgan fingerprint density at radius 1 is 1.12 bits per heavy atom. The molecule has 0 aliphatic heterocycles. The molecule has 34 heavy (non-hydrogen) atoms. The quantitative estimate of drug-likeness (QED) is 0.318. The zero-order chi connectivity index (χ0) is 24.1. The molecule has 0 saturated heterocycles. The third-order valence-corrected chi connectivity index (χ3v) is 6.45. The van der Waals surface area contributed by atoms with E-state index < -0.39 is 9.84 Å². The van der Waals surface area contributed by atoms with E-state index in [0.717, 1.165) is 16.8 Å². The normalized spacial score (nSPS) is 11.6. The summed E-state index contributed by atoms with van der Waals surface area (Å²) >= 11 is 0. The van der Waals surface area contributed by atoms with Crippen LogP contribution >= 0.6 is 0 Å². The van der Waals surface area contributed by atoms with Crippen LogP contribution in [-0.2, 0) is 22.7 Å². The molecule has 0 amide bonds. The van der Waals surface area contributed by atoms with Gasteiger partial charge in [0, 0.05) is 34.8 Å². The van der Waals surface area contributed by atoms with Gasteiger partial charge in [0.25, 0.3) is 0 Å². The van der Waals surface area contributed by atoms with Crippen LogP contribution in [0.4, 0.5) is 4.39 Å². The minimum Gasteiger partial charge on any atom is -0.496 e. The van der Waals surface area contributed by atoms with Crippen molar-refractivity contribution in [2.45, 2.75) is 19.3 Å². The number of hydrogen-bond donors (Lipinski definition) is 0. The molecule has 0 aliphatic carbocycles. The van der Waals surface area contributed by atoms with Crippen molar-refractivity contribution >= 4 is 15.5 Å². The summed E-state index contributed by atoms with van der Waals surface area (Å²) in [4.78, 5) is 4.25. The Morgan fingerprint density at radius 2 is 1.97 bits per heavy atom. The Hall–Kier alpha value is -3.53. The number of aryl methyl sites for hydroxylation is 1. The molecule has 0 saturated carbocycles. The van der Waals surface area contributed by atoms with Crippen LogP contribution in [-0.4, -0.2) is 53.7 Å². The predicted molar refractivity (Wildman–Crippen MR) is 126 cm³/mol. The number of sulfone groups is 1. The number of rotatable bonds is 10. The van der Waals surface area contributed by atoms with Gasteiger partial charge in [-0.05, 0) is 49.6 Å². The van der Waals surface area contributed by atoms with E-state index in [1.54, 1.807) is 30.9 Å². The summed E-state index contributed by atoms with van der Waals surface area (Å²) in [5, 5.41) is 8.34. The third kappa shape index (κ3) is 5.51. The van der Waals surface area contributed by atoms with Gasteiger partial charge in [0.2, 0.25) is 0 Å². The van der Waals surface area contributed by atoms with E-state index in [-0.39, 0.29) is 18.2 Å². The van der Waals surface area contributed by atoms with Crippen molar-refractivity contribution < 1.29 is 22.3 Å². The molecule has 4 rings (SSSR count). The lowest BCUT2D eigenvalue weighted by Gasteiger charge is -2.12. The highest BCUT2D eigenvalue weighted by Crippen LogP contribution is 2.28. The van der Waals surface area contributed by atoms with Crippen molar-refractivity contribution in [3.8, 4) is 22.6 Å². The highest BCUT2D eigenvalue weighted by molar-refractivity contribution is 7.90. The number of fused-ring (bicyclic) bond motifs is 1. The van der Waals surface area contributed by atoms with E-state index in [1.807, 2.05) is 22.6 Å². The Morgan fingerprint density at radius 3 is 2.76 bits per heavy atom. The molecule has 0 unspecified atom stereocenters. The third-order valence-electron chi connectivity index (χ3n) is 5.42. The van der Waals surface area contributed by atoms with E-state index in [0.29, 0.717) is 42.0 Å². The summed E-state index contributed by atoms with van der Waals surface area (Å²) in [6.45, 7) is 0.275. The summed E-state index contributed by atoms with van der Waals surface area (Å²) in [7, 11) is -1.49. The molecule has 3 heterocycles. The fourth-order valence-corrected chi connectivity index (χ4v) is 4.42. The summed E-state index contributed by atoms with van der Waals surface area (Å²) < 4.78 is 49.7. The molecule has 0 fully saturated rings. The monoisotopic (exact) mass is 484 g/mol. The molecule has 0 spiro atoms. The van der Waals surface area contributed by atoms with Gasteiger partial charge in [0.05, 0.1) is 25.7 Å². The number of hydrogen-bond acceptors (Lipinski definition) is 7. The van der Waals surface area contributed by atoms with Crippen LogP contribution in [0, 0.1) is 5.82 Å². The minimum atomic E-state index is -3.02. The molecule has 8 nitrogen and oxygen atoms in total. The van der Waals surface area contributed by atoms with Crippen LogP contribution in [0.15, 0.2) is 55.1 Å². The maximum Gasteiger partial charge on any atom is 0.168 e. The molecule has 3 aromatic heterocycles. The first kappa shape index (κ1) is 23.6. The van der Waals surface area contributed by atoms with Crippen molar-refractivity contribution in [3.63, 3.8) is 0 Å². The van der Waals surface area contributed by atoms with Crippen molar-refractivity contribution in [3.05, 3.63) is 72.2 Å². The van der Waals surface area contributed by atoms with E-state index in [9.17, 15) is 12.8 Å². The fraction of sp³-hybridized carbons (Fsp3) is 0.292. The second-order valence-electron chi connectivity index (χ2n) is 7.92. The van der Waals surface area contributed by atoms with Crippen LogP contribution in [0.5, 0.6) is 11.5 Å². The summed E-state index contributed by atoms with van der Waals surface area (Å²) in [6.07, 6.45) is 7.55. The fourth-order valence-electron chi connectivity index (χ4n) is 3.77. The average molecular weight is 485 g/mol. The molecule has 0 N–H and O–H groups in total. The number of ether oxygens (including phenoxy) is 2. The molecule has 0 bridgehead atoms. The molecule has 178 valence electrons. The number of pyridine rings is 2. The molecule has 4 aromatic rings. The van der Waals surface area contributed by atoms with Gasteiger partial charge in [0.15, 0.2) is 5.65 Å². The molecular formula is C24H25FN4O4S. The summed E-state index contributed by atoms with van der Waals surface area (Å²) in [5.41, 5.74) is 3.71. The highest BCUT2D eigenvalue weighted by atomic mass is 32.2. The van der Waals surface area contributed by atoms with Gasteiger partial charge in [-0.1, -0.05) is 6.07 Å². The SMILES string of the molecule is COc1cccc(F)c1CCc1ccc(-c2cncc(OCCCS(C)(=O)=O)c2)c2nncn12. The van der Waals surface area contributed by atoms with E-state index in [4.69, 9.17) is 9.47 Å². The number of methoxy groups -OCH3 is 1. The Bertz CT molecular complexity index is 1410. The molecule has 0 atom stereocenters. The number of nitrogens with zero attached hydrogens (tertiary/aromatic N) is 4. The van der Waals surface area contributed by atoms with Crippen molar-refractivity contribution in [2.24, 2.45) is 0 Å². The number of halogens is 1. The molecule has 0 aliphatic rings. The van der Waals surface area contributed by atoms with Crippen molar-refractivity contribution in [1.29, 1.82) is 0 Å². The Balaban J connectivity index is 1.54. The number of benzene rings is 1. The van der Waals surface area contributed by atoms with E-state index in [1.165, 1.54) is 19.4 Å². The molecule has 1 aromatic carbocycles. The summed E-state index contributed by atoms with van der Waals surface area (Å²) in [6, 6.07) is 10.5. The first-order chi connectivity index (χ1) is 16.4. The lowest BCUT2D eigenvalue weighted by atomic mass is 10.0. The maximum atomic E-state index is 14.3. The van der Waals surface area contributed by atoms with E-state index in [2.05, 4.69) is 15.2 Å². The Labute approximate surface area is 197 Å². The zero-order valence-electron chi connectivity index (χ0n) is 18.9. The predicted octanol–water partition coefficient (Wildman–Crippen LogP) is 3.54. The smallest absolute Gasteiger partial charge is 0.168 e. The summed E-state index contributed by atoms with van der Waals surface area (Å²) in [5.74, 6) is 0.839. The first-order valence-electron chi connectivity index (χ1n) is 10.7. The maximum absolute atomic E-state index is 14.3. The van der Waals surface area contributed by atoms with Gasteiger partial charge in [-0.2, -0.15) is 0 Å². The van der Waals surface area contributed by atoms with Crippen LogP contribution in [0.25, 0.3) is 16.8 Å². The zero-order valence-corrected chi connectivity index (χ0v) is 19.8. The largest absolute Gasteiger partial charge is 0.496 e. The van der Waals surface area contributed by atoms with Gasteiger partial charge < -0.3 is 9.47 Å².